The molecule has 3 heterocycles. The molecule has 12 heteroatoms. The van der Waals surface area contributed by atoms with Gasteiger partial charge in [0, 0.05) is 12.0 Å². The van der Waals surface area contributed by atoms with Gasteiger partial charge in [0.25, 0.3) is 0 Å². The van der Waals surface area contributed by atoms with Crippen LogP contribution in [0.2, 0.25) is 5.02 Å². The highest BCUT2D eigenvalue weighted by molar-refractivity contribution is 6.31. The molecule has 2 atom stereocenters. The van der Waals surface area contributed by atoms with Crippen LogP contribution >= 0.6 is 11.6 Å². The van der Waals surface area contributed by atoms with E-state index in [1.807, 2.05) is 4.57 Å². The number of aliphatic hydroxyl groups is 1. The molecule has 0 unspecified atom stereocenters. The Hall–Kier alpha value is -3.02. The molecule has 1 aliphatic heterocycles. The fourth-order valence-corrected chi connectivity index (χ4v) is 4.76. The number of aliphatic hydroxyl groups excluding tert-OH is 1. The molecule has 3 aromatic rings. The SMILES string of the molecule is NC(=O)C1CCC(n2c(Nc3cccc(Cl)c3F)nc3cnc(N[C@H]4COC[C@H]4O)nc32)CC1. The first-order valence-electron chi connectivity index (χ1n) is 11.2. The molecule has 5 N–H and O–H groups in total. The second-order valence-corrected chi connectivity index (χ2v) is 9.10. The number of aromatic nitrogens is 4. The maximum Gasteiger partial charge on any atom is 0.225 e. The number of carbonyl (C=O) groups is 1. The third-order valence-electron chi connectivity index (χ3n) is 6.46. The number of hydrogen-bond donors (Lipinski definition) is 4. The van der Waals surface area contributed by atoms with Crippen molar-refractivity contribution < 1.29 is 19.0 Å². The van der Waals surface area contributed by atoms with Gasteiger partial charge >= 0.3 is 0 Å². The van der Waals surface area contributed by atoms with E-state index in [0.717, 1.165) is 0 Å². The van der Waals surface area contributed by atoms with E-state index in [1.54, 1.807) is 18.3 Å². The number of nitrogens with two attached hydrogens (primary N) is 1. The molecule has 0 spiro atoms. The summed E-state index contributed by atoms with van der Waals surface area (Å²) in [7, 11) is 0. The summed E-state index contributed by atoms with van der Waals surface area (Å²) in [5.74, 6) is -0.310. The van der Waals surface area contributed by atoms with E-state index in [2.05, 4.69) is 25.6 Å². The van der Waals surface area contributed by atoms with E-state index in [4.69, 9.17) is 22.1 Å². The number of fused-ring (bicyclic) bond motifs is 1. The lowest BCUT2D eigenvalue weighted by Gasteiger charge is -2.29. The van der Waals surface area contributed by atoms with Gasteiger partial charge in [-0.05, 0) is 37.8 Å². The second kappa shape index (κ2) is 9.32. The topological polar surface area (TPSA) is 140 Å². The Bertz CT molecular complexity index is 1210. The minimum absolute atomic E-state index is 0.00162. The van der Waals surface area contributed by atoms with Crippen LogP contribution in [0, 0.1) is 11.7 Å². The summed E-state index contributed by atoms with van der Waals surface area (Å²) in [5.41, 5.74) is 6.77. The Labute approximate surface area is 199 Å². The van der Waals surface area contributed by atoms with Crippen LogP contribution in [-0.2, 0) is 9.53 Å². The molecule has 5 rings (SSSR count). The minimum atomic E-state index is -0.656. The van der Waals surface area contributed by atoms with Gasteiger partial charge in [0.2, 0.25) is 17.8 Å². The van der Waals surface area contributed by atoms with Crippen molar-refractivity contribution in [2.75, 3.05) is 23.8 Å². The van der Waals surface area contributed by atoms with Crippen LogP contribution in [0.15, 0.2) is 24.4 Å². The van der Waals surface area contributed by atoms with Crippen LogP contribution in [0.3, 0.4) is 0 Å². The number of primary amides is 1. The highest BCUT2D eigenvalue weighted by Gasteiger charge is 2.30. The summed E-state index contributed by atoms with van der Waals surface area (Å²) in [4.78, 5) is 25.3. The van der Waals surface area contributed by atoms with E-state index in [-0.39, 0.29) is 41.2 Å². The smallest absolute Gasteiger partial charge is 0.225 e. The number of imidazole rings is 1. The zero-order valence-electron chi connectivity index (χ0n) is 18.2. The van der Waals surface area contributed by atoms with Gasteiger partial charge in [-0.2, -0.15) is 4.98 Å². The van der Waals surface area contributed by atoms with Crippen LogP contribution < -0.4 is 16.4 Å². The van der Waals surface area contributed by atoms with E-state index >= 15 is 0 Å². The summed E-state index contributed by atoms with van der Waals surface area (Å²) < 4.78 is 21.8. The van der Waals surface area contributed by atoms with Crippen molar-refractivity contribution in [1.29, 1.82) is 0 Å². The average Bonchev–Trinajstić information content (AvgIpc) is 3.39. The van der Waals surface area contributed by atoms with Crippen LogP contribution in [0.5, 0.6) is 0 Å². The molecule has 1 amide bonds. The molecular formula is C22H25ClFN7O3. The number of ether oxygens (including phenoxy) is 1. The van der Waals surface area contributed by atoms with Gasteiger partial charge in [0.1, 0.15) is 5.52 Å². The van der Waals surface area contributed by atoms with Gasteiger partial charge in [-0.1, -0.05) is 17.7 Å². The van der Waals surface area contributed by atoms with Crippen molar-refractivity contribution in [3.05, 3.63) is 35.2 Å². The molecule has 1 saturated heterocycles. The summed E-state index contributed by atoms with van der Waals surface area (Å²) in [6.45, 7) is 0.597. The maximum atomic E-state index is 14.6. The van der Waals surface area contributed by atoms with Crippen molar-refractivity contribution in [3.8, 4) is 0 Å². The molecule has 0 radical (unpaired) electrons. The van der Waals surface area contributed by atoms with Crippen molar-refractivity contribution in [2.24, 2.45) is 11.7 Å². The number of benzene rings is 1. The number of nitrogens with one attached hydrogen (secondary N) is 2. The quantitative estimate of drug-likeness (QED) is 0.414. The molecule has 2 fully saturated rings. The molecule has 1 aromatic carbocycles. The number of amides is 1. The van der Waals surface area contributed by atoms with Crippen LogP contribution in [-0.4, -0.2) is 55.9 Å². The first kappa shape index (κ1) is 22.8. The summed E-state index contributed by atoms with van der Waals surface area (Å²) >= 11 is 5.96. The van der Waals surface area contributed by atoms with E-state index in [9.17, 15) is 14.3 Å². The third-order valence-corrected chi connectivity index (χ3v) is 6.75. The second-order valence-electron chi connectivity index (χ2n) is 8.70. The lowest BCUT2D eigenvalue weighted by Crippen LogP contribution is -2.32. The zero-order valence-corrected chi connectivity index (χ0v) is 19.0. The Balaban J connectivity index is 1.52. The zero-order chi connectivity index (χ0) is 23.8. The number of anilines is 3. The number of nitrogens with zero attached hydrogens (tertiary/aromatic N) is 4. The molecule has 2 aliphatic rings. The van der Waals surface area contributed by atoms with Gasteiger partial charge in [0.15, 0.2) is 11.5 Å². The Morgan fingerprint density at radius 1 is 1.24 bits per heavy atom. The van der Waals surface area contributed by atoms with Gasteiger partial charge in [-0.25, -0.2) is 14.4 Å². The first-order chi connectivity index (χ1) is 16.4. The largest absolute Gasteiger partial charge is 0.388 e. The van der Waals surface area contributed by atoms with Crippen molar-refractivity contribution >= 4 is 46.3 Å². The lowest BCUT2D eigenvalue weighted by atomic mass is 9.85. The summed E-state index contributed by atoms with van der Waals surface area (Å²) in [6.07, 6.45) is 3.59. The molecule has 1 saturated carbocycles. The fraction of sp³-hybridized carbons (Fsp3) is 0.455. The first-order valence-corrected chi connectivity index (χ1v) is 11.6. The van der Waals surface area contributed by atoms with E-state index in [1.165, 1.54) is 6.07 Å². The summed E-state index contributed by atoms with van der Waals surface area (Å²) in [5, 5.41) is 16.2. The monoisotopic (exact) mass is 489 g/mol. The van der Waals surface area contributed by atoms with Crippen LogP contribution in [0.1, 0.15) is 31.7 Å². The molecule has 0 bridgehead atoms. The van der Waals surface area contributed by atoms with Crippen molar-refractivity contribution in [2.45, 2.75) is 43.9 Å². The highest BCUT2D eigenvalue weighted by atomic mass is 35.5. The van der Waals surface area contributed by atoms with Gasteiger partial charge in [-0.3, -0.25) is 9.36 Å². The highest BCUT2D eigenvalue weighted by Crippen LogP contribution is 2.37. The lowest BCUT2D eigenvalue weighted by molar-refractivity contribution is -0.122. The van der Waals surface area contributed by atoms with Gasteiger partial charge < -0.3 is 26.2 Å². The molecular weight excluding hydrogens is 465 g/mol. The molecule has 10 nitrogen and oxygen atoms in total. The maximum absolute atomic E-state index is 14.6. The predicted octanol–water partition coefficient (Wildman–Crippen LogP) is 2.75. The number of halogens is 2. The Morgan fingerprint density at radius 3 is 2.74 bits per heavy atom. The van der Waals surface area contributed by atoms with Crippen molar-refractivity contribution in [3.63, 3.8) is 0 Å². The van der Waals surface area contributed by atoms with Crippen LogP contribution in [0.4, 0.5) is 22.0 Å². The van der Waals surface area contributed by atoms with Gasteiger partial charge in [0.05, 0.1) is 42.3 Å². The normalized spacial score (nSPS) is 24.9. The predicted molar refractivity (Wildman–Crippen MR) is 124 cm³/mol. The molecule has 1 aliphatic carbocycles. The van der Waals surface area contributed by atoms with Crippen molar-refractivity contribution in [1.82, 2.24) is 19.5 Å². The number of carbonyl (C=O) groups excluding carboxylic acids is 1. The van der Waals surface area contributed by atoms with E-state index < -0.39 is 11.9 Å². The standard InChI is InChI=1S/C22H25ClFN7O3/c23-13-2-1-3-14(18(13)24)28-22-29-15-8-26-21(27-16-9-34-10-17(16)32)30-20(15)31(22)12-6-4-11(5-7-12)19(25)33/h1-3,8,11-12,16-17,32H,4-7,9-10H2,(H2,25,33)(H,28,29)(H,26,27,30)/t11?,12?,16-,17+/m0/s1. The van der Waals surface area contributed by atoms with E-state index in [0.29, 0.717) is 55.4 Å². The fourth-order valence-electron chi connectivity index (χ4n) is 4.58. The third kappa shape index (κ3) is 4.38. The Kier molecular flexibility index (Phi) is 6.24. The molecule has 34 heavy (non-hydrogen) atoms. The number of hydrogen-bond acceptors (Lipinski definition) is 8. The Morgan fingerprint density at radius 2 is 2.03 bits per heavy atom. The molecule has 180 valence electrons. The van der Waals surface area contributed by atoms with Crippen LogP contribution in [0.25, 0.3) is 11.2 Å². The minimum Gasteiger partial charge on any atom is -0.388 e. The van der Waals surface area contributed by atoms with Gasteiger partial charge in [-0.15, -0.1) is 0 Å². The average molecular weight is 490 g/mol. The number of rotatable bonds is 6. The molecule has 2 aromatic heterocycles. The summed E-state index contributed by atoms with van der Waals surface area (Å²) in [6, 6.07) is 4.34.